The molecule has 0 unspecified atom stereocenters. The minimum Gasteiger partial charge on any atom is -0.478 e. The first-order valence-electron chi connectivity index (χ1n) is 7.13. The van der Waals surface area contributed by atoms with Gasteiger partial charge in [-0.2, -0.15) is 5.26 Å². The molecule has 0 saturated carbocycles. The van der Waals surface area contributed by atoms with Crippen LogP contribution in [-0.2, 0) is 0 Å². The minimum absolute atomic E-state index is 0.238. The monoisotopic (exact) mass is 302 g/mol. The number of carbonyl (C=O) groups is 1. The van der Waals surface area contributed by atoms with Gasteiger partial charge < -0.3 is 9.67 Å². The first-order chi connectivity index (χ1) is 11.1. The molecule has 0 spiro atoms. The molecule has 4 heteroatoms. The maximum absolute atomic E-state index is 11.0. The van der Waals surface area contributed by atoms with Crippen LogP contribution in [0.1, 0.15) is 21.6 Å². The molecule has 3 aromatic rings. The number of rotatable bonds is 3. The first kappa shape index (κ1) is 14.6. The lowest BCUT2D eigenvalue weighted by Gasteiger charge is -2.08. The van der Waals surface area contributed by atoms with Crippen molar-refractivity contribution in [2.24, 2.45) is 0 Å². The summed E-state index contributed by atoms with van der Waals surface area (Å²) in [5, 5.41) is 18.4. The van der Waals surface area contributed by atoms with Crippen molar-refractivity contribution in [1.82, 2.24) is 4.57 Å². The zero-order valence-corrected chi connectivity index (χ0v) is 12.5. The number of benzene rings is 2. The predicted molar refractivity (Wildman–Crippen MR) is 87.6 cm³/mol. The zero-order valence-electron chi connectivity index (χ0n) is 12.5. The van der Waals surface area contributed by atoms with Gasteiger partial charge in [-0.25, -0.2) is 4.79 Å². The fourth-order valence-corrected chi connectivity index (χ4v) is 2.69. The first-order valence-corrected chi connectivity index (χ1v) is 7.13. The highest BCUT2D eigenvalue weighted by Crippen LogP contribution is 2.30. The van der Waals surface area contributed by atoms with Gasteiger partial charge in [-0.05, 0) is 36.8 Å². The standard InChI is InChI=1S/C19H14N2O2/c1-13-18(14-5-3-2-4-6-14)16(11-20)12-21(13)17-9-7-15(8-10-17)19(22)23/h2-10,12H,1H3,(H,22,23). The molecular weight excluding hydrogens is 288 g/mol. The zero-order chi connectivity index (χ0) is 16.4. The predicted octanol–water partition coefficient (Wildman–Crippen LogP) is 4.02. The molecule has 1 aromatic heterocycles. The molecule has 4 nitrogen and oxygen atoms in total. The summed E-state index contributed by atoms with van der Waals surface area (Å²) in [5.41, 5.74) is 4.48. The molecule has 0 saturated heterocycles. The van der Waals surface area contributed by atoms with E-state index in [4.69, 9.17) is 5.11 Å². The number of nitrogens with zero attached hydrogens (tertiary/aromatic N) is 2. The van der Waals surface area contributed by atoms with Gasteiger partial charge in [0.15, 0.2) is 0 Å². The third kappa shape index (κ3) is 2.60. The summed E-state index contributed by atoms with van der Waals surface area (Å²) in [7, 11) is 0. The van der Waals surface area contributed by atoms with Crippen LogP contribution in [0.2, 0.25) is 0 Å². The van der Waals surface area contributed by atoms with Crippen molar-refractivity contribution in [2.45, 2.75) is 6.92 Å². The molecule has 3 rings (SSSR count). The lowest BCUT2D eigenvalue weighted by atomic mass is 10.0. The Kier molecular flexibility index (Phi) is 3.70. The summed E-state index contributed by atoms with van der Waals surface area (Å²) >= 11 is 0. The molecule has 0 aliphatic rings. The third-order valence-corrected chi connectivity index (χ3v) is 3.83. The van der Waals surface area contributed by atoms with Crippen LogP contribution in [0.25, 0.3) is 16.8 Å². The number of aromatic nitrogens is 1. The Balaban J connectivity index is 2.13. The van der Waals surface area contributed by atoms with Crippen LogP contribution in [0.4, 0.5) is 0 Å². The molecule has 0 aliphatic heterocycles. The van der Waals surface area contributed by atoms with Crippen molar-refractivity contribution < 1.29 is 9.90 Å². The molecule has 2 aromatic carbocycles. The Hall–Kier alpha value is -3.32. The average Bonchev–Trinajstić information content (AvgIpc) is 2.92. The van der Waals surface area contributed by atoms with Crippen LogP contribution in [0.15, 0.2) is 60.8 Å². The molecule has 1 heterocycles. The van der Waals surface area contributed by atoms with Gasteiger partial charge in [-0.3, -0.25) is 0 Å². The van der Waals surface area contributed by atoms with E-state index in [2.05, 4.69) is 6.07 Å². The van der Waals surface area contributed by atoms with Gasteiger partial charge in [0.25, 0.3) is 0 Å². The van der Waals surface area contributed by atoms with Gasteiger partial charge in [0.1, 0.15) is 6.07 Å². The second-order valence-electron chi connectivity index (χ2n) is 5.20. The summed E-state index contributed by atoms with van der Waals surface area (Å²) in [4.78, 5) is 11.0. The third-order valence-electron chi connectivity index (χ3n) is 3.83. The van der Waals surface area contributed by atoms with E-state index in [1.54, 1.807) is 30.5 Å². The molecule has 0 atom stereocenters. The van der Waals surface area contributed by atoms with Gasteiger partial charge in [0, 0.05) is 23.1 Å². The smallest absolute Gasteiger partial charge is 0.335 e. The summed E-state index contributed by atoms with van der Waals surface area (Å²) in [6.45, 7) is 1.95. The van der Waals surface area contributed by atoms with Crippen molar-refractivity contribution in [3.63, 3.8) is 0 Å². The van der Waals surface area contributed by atoms with Crippen LogP contribution >= 0.6 is 0 Å². The fourth-order valence-electron chi connectivity index (χ4n) is 2.69. The van der Waals surface area contributed by atoms with Gasteiger partial charge in [-0.15, -0.1) is 0 Å². The number of carboxylic acids is 1. The molecule has 0 bridgehead atoms. The molecule has 1 N–H and O–H groups in total. The van der Waals surface area contributed by atoms with Crippen molar-refractivity contribution in [1.29, 1.82) is 5.26 Å². The van der Waals surface area contributed by atoms with Gasteiger partial charge in [0.05, 0.1) is 11.1 Å². The Morgan fingerprint density at radius 1 is 1.09 bits per heavy atom. The fraction of sp³-hybridized carbons (Fsp3) is 0.0526. The topological polar surface area (TPSA) is 66.0 Å². The van der Waals surface area contributed by atoms with Crippen LogP contribution in [0.3, 0.4) is 0 Å². The Morgan fingerprint density at radius 3 is 2.30 bits per heavy atom. The number of hydrogen-bond donors (Lipinski definition) is 1. The van der Waals surface area contributed by atoms with Gasteiger partial charge in [-0.1, -0.05) is 30.3 Å². The van der Waals surface area contributed by atoms with Gasteiger partial charge >= 0.3 is 5.97 Å². The second kappa shape index (κ2) is 5.82. The molecule has 112 valence electrons. The van der Waals surface area contributed by atoms with E-state index in [1.807, 2.05) is 41.8 Å². The molecule has 0 aliphatic carbocycles. The van der Waals surface area contributed by atoms with E-state index >= 15 is 0 Å². The lowest BCUT2D eigenvalue weighted by Crippen LogP contribution is -1.99. The van der Waals surface area contributed by atoms with E-state index in [9.17, 15) is 10.1 Å². The van der Waals surface area contributed by atoms with E-state index in [1.165, 1.54) is 0 Å². The van der Waals surface area contributed by atoms with E-state index in [-0.39, 0.29) is 5.56 Å². The quantitative estimate of drug-likeness (QED) is 0.794. The minimum atomic E-state index is -0.955. The highest BCUT2D eigenvalue weighted by atomic mass is 16.4. The number of hydrogen-bond acceptors (Lipinski definition) is 2. The van der Waals surface area contributed by atoms with Crippen LogP contribution in [0.5, 0.6) is 0 Å². The van der Waals surface area contributed by atoms with Crippen LogP contribution in [-0.4, -0.2) is 15.6 Å². The summed E-state index contributed by atoms with van der Waals surface area (Å²) in [6.07, 6.45) is 1.79. The van der Waals surface area contributed by atoms with E-state index < -0.39 is 5.97 Å². The molecule has 23 heavy (non-hydrogen) atoms. The number of carboxylic acid groups (broad SMARTS) is 1. The average molecular weight is 302 g/mol. The normalized spacial score (nSPS) is 10.3. The van der Waals surface area contributed by atoms with Crippen molar-refractivity contribution >= 4 is 5.97 Å². The second-order valence-corrected chi connectivity index (χ2v) is 5.20. The highest BCUT2D eigenvalue weighted by Gasteiger charge is 2.15. The number of aromatic carboxylic acids is 1. The van der Waals surface area contributed by atoms with Gasteiger partial charge in [0.2, 0.25) is 0 Å². The maximum atomic E-state index is 11.0. The highest BCUT2D eigenvalue weighted by molar-refractivity contribution is 5.87. The van der Waals surface area contributed by atoms with Crippen molar-refractivity contribution in [3.8, 4) is 22.9 Å². The van der Waals surface area contributed by atoms with Crippen molar-refractivity contribution in [2.75, 3.05) is 0 Å². The van der Waals surface area contributed by atoms with Crippen LogP contribution < -0.4 is 0 Å². The number of nitriles is 1. The molecule has 0 amide bonds. The Labute approximate surface area is 133 Å². The van der Waals surface area contributed by atoms with E-state index in [0.717, 1.165) is 22.5 Å². The Morgan fingerprint density at radius 2 is 1.74 bits per heavy atom. The molecule has 0 radical (unpaired) electrons. The maximum Gasteiger partial charge on any atom is 0.335 e. The van der Waals surface area contributed by atoms with Crippen molar-refractivity contribution in [3.05, 3.63) is 77.6 Å². The van der Waals surface area contributed by atoms with E-state index in [0.29, 0.717) is 5.56 Å². The summed E-state index contributed by atoms with van der Waals surface area (Å²) in [5.74, 6) is -0.955. The molecular formula is C19H14N2O2. The SMILES string of the molecule is Cc1c(-c2ccccc2)c(C#N)cn1-c1ccc(C(=O)O)cc1. The summed E-state index contributed by atoms with van der Waals surface area (Å²) < 4.78 is 1.91. The summed E-state index contributed by atoms with van der Waals surface area (Å²) in [6, 6.07) is 18.6. The molecule has 0 fully saturated rings. The van der Waals surface area contributed by atoms with Crippen LogP contribution in [0, 0.1) is 18.3 Å². The Bertz CT molecular complexity index is 901. The lowest BCUT2D eigenvalue weighted by molar-refractivity contribution is 0.0697. The largest absolute Gasteiger partial charge is 0.478 e.